The molecule has 0 amide bonds. The number of hydrogen-bond donors (Lipinski definition) is 0. The van der Waals surface area contributed by atoms with E-state index in [1.807, 2.05) is 0 Å². The Labute approximate surface area is 191 Å². The highest BCUT2D eigenvalue weighted by atomic mass is 16.5. The van der Waals surface area contributed by atoms with Crippen molar-refractivity contribution in [2.24, 2.45) is 5.41 Å². The monoisotopic (exact) mass is 417 g/mol. The molecule has 1 saturated heterocycles. The summed E-state index contributed by atoms with van der Waals surface area (Å²) in [4.78, 5) is 0. The Kier molecular flexibility index (Phi) is 5.68. The van der Waals surface area contributed by atoms with E-state index in [0.29, 0.717) is 0 Å². The molecule has 0 saturated carbocycles. The fraction of sp³-hybridized carbons (Fsp3) is 0.194. The number of ether oxygens (including phenoxy) is 1. The van der Waals surface area contributed by atoms with E-state index in [-0.39, 0.29) is 11.5 Å². The Balaban J connectivity index is 1.63. The Bertz CT molecular complexity index is 1040. The lowest BCUT2D eigenvalue weighted by molar-refractivity contribution is -0.0105. The molecule has 1 heterocycles. The molecule has 0 bridgehead atoms. The molecule has 1 aliphatic heterocycles. The normalized spacial score (nSPS) is 19.0. The molecule has 4 aromatic rings. The molecule has 4 aromatic carbocycles. The van der Waals surface area contributed by atoms with E-state index in [4.69, 9.17) is 4.74 Å². The van der Waals surface area contributed by atoms with Crippen LogP contribution >= 0.6 is 0 Å². The zero-order chi connectivity index (χ0) is 21.9. The van der Waals surface area contributed by atoms with Gasteiger partial charge in [-0.3, -0.25) is 0 Å². The third-order valence-corrected chi connectivity index (χ3v) is 6.91. The summed E-state index contributed by atoms with van der Waals surface area (Å²) in [5, 5.41) is 0. The van der Waals surface area contributed by atoms with Crippen molar-refractivity contribution < 1.29 is 4.74 Å². The quantitative estimate of drug-likeness (QED) is 0.327. The van der Waals surface area contributed by atoms with Gasteiger partial charge in [-0.25, -0.2) is 0 Å². The molecule has 1 atom stereocenters. The average molecular weight is 418 g/mol. The van der Waals surface area contributed by atoms with Crippen LogP contribution in [0.2, 0.25) is 0 Å². The lowest BCUT2D eigenvalue weighted by Gasteiger charge is -2.34. The van der Waals surface area contributed by atoms with Crippen LogP contribution < -0.4 is 0 Å². The maximum atomic E-state index is 6.97. The van der Waals surface area contributed by atoms with E-state index in [9.17, 15) is 0 Å². The van der Waals surface area contributed by atoms with Gasteiger partial charge < -0.3 is 4.74 Å². The molecule has 5 rings (SSSR count). The lowest BCUT2D eigenvalue weighted by atomic mass is 9.67. The summed E-state index contributed by atoms with van der Waals surface area (Å²) in [7, 11) is 0. The largest absolute Gasteiger partial charge is 0.362 e. The Morgan fingerprint density at radius 2 is 0.969 bits per heavy atom. The van der Waals surface area contributed by atoms with Crippen LogP contribution in [0, 0.1) is 12.3 Å². The maximum Gasteiger partial charge on any atom is 0.119 e. The first kappa shape index (κ1) is 20.7. The Morgan fingerprint density at radius 3 is 1.38 bits per heavy atom. The molecule has 1 heteroatoms. The zero-order valence-corrected chi connectivity index (χ0v) is 18.4. The average Bonchev–Trinajstić information content (AvgIpc) is 3.14. The second-order valence-electron chi connectivity index (χ2n) is 9.03. The van der Waals surface area contributed by atoms with E-state index in [2.05, 4.69) is 128 Å². The summed E-state index contributed by atoms with van der Waals surface area (Å²) in [6.45, 7) is 4.61. The van der Waals surface area contributed by atoms with Gasteiger partial charge >= 0.3 is 0 Å². The van der Waals surface area contributed by atoms with Crippen molar-refractivity contribution in [3.63, 3.8) is 0 Å². The van der Waals surface area contributed by atoms with Crippen molar-refractivity contribution in [1.29, 1.82) is 0 Å². The molecule has 1 nitrogen and oxygen atoms in total. The van der Waals surface area contributed by atoms with Crippen LogP contribution in [0.4, 0.5) is 0 Å². The third-order valence-electron chi connectivity index (χ3n) is 6.91. The minimum Gasteiger partial charge on any atom is -0.362 e. The van der Waals surface area contributed by atoms with Gasteiger partial charge in [0.05, 0.1) is 6.10 Å². The van der Waals surface area contributed by atoms with Gasteiger partial charge in [-0.2, -0.15) is 0 Å². The number of rotatable bonds is 6. The predicted octanol–water partition coefficient (Wildman–Crippen LogP) is 7.02. The van der Waals surface area contributed by atoms with Gasteiger partial charge in [0.25, 0.3) is 0 Å². The summed E-state index contributed by atoms with van der Waals surface area (Å²) in [6, 6.07) is 42.9. The van der Waals surface area contributed by atoms with Crippen molar-refractivity contribution in [2.45, 2.75) is 31.0 Å². The van der Waals surface area contributed by atoms with Crippen molar-refractivity contribution in [3.8, 4) is 0 Å². The fourth-order valence-electron chi connectivity index (χ4n) is 5.36. The molecule has 0 N–H and O–H groups in total. The second kappa shape index (κ2) is 8.76. The molecular formula is C31H29O. The topological polar surface area (TPSA) is 9.23 Å². The lowest BCUT2D eigenvalue weighted by Crippen LogP contribution is -2.34. The van der Waals surface area contributed by atoms with Crippen LogP contribution in [0.1, 0.15) is 28.7 Å². The van der Waals surface area contributed by atoms with Gasteiger partial charge in [-0.15, -0.1) is 0 Å². The second-order valence-corrected chi connectivity index (χ2v) is 9.03. The van der Waals surface area contributed by atoms with Crippen LogP contribution in [-0.4, -0.2) is 6.10 Å². The van der Waals surface area contributed by atoms with Gasteiger partial charge in [-0.05, 0) is 48.4 Å². The highest BCUT2D eigenvalue weighted by Gasteiger charge is 2.55. The molecule has 159 valence electrons. The molecule has 1 aliphatic rings. The van der Waals surface area contributed by atoms with Crippen LogP contribution in [-0.2, 0) is 23.2 Å². The first-order chi connectivity index (χ1) is 15.7. The zero-order valence-electron chi connectivity index (χ0n) is 18.4. The van der Waals surface area contributed by atoms with Crippen molar-refractivity contribution in [3.05, 3.63) is 151 Å². The minimum absolute atomic E-state index is 0.131. The minimum atomic E-state index is -0.515. The van der Waals surface area contributed by atoms with Gasteiger partial charge in [0.1, 0.15) is 5.60 Å². The van der Waals surface area contributed by atoms with Crippen LogP contribution in [0.15, 0.2) is 121 Å². The Morgan fingerprint density at radius 1 is 0.594 bits per heavy atom. The molecule has 1 fully saturated rings. The fourth-order valence-corrected chi connectivity index (χ4v) is 5.36. The van der Waals surface area contributed by atoms with E-state index >= 15 is 0 Å². The van der Waals surface area contributed by atoms with Crippen LogP contribution in [0.5, 0.6) is 0 Å². The highest BCUT2D eigenvalue weighted by Crippen LogP contribution is 2.55. The maximum absolute atomic E-state index is 6.97. The molecule has 1 radical (unpaired) electrons. The van der Waals surface area contributed by atoms with Crippen molar-refractivity contribution >= 4 is 0 Å². The standard InChI is InChI=1S/C31H29O/c1-25-30(22-26-14-6-2-7-15-26,23-27-16-8-3-9-17-27)24-31(32-25,28-18-10-4-11-19-28)29-20-12-5-13-21-29/h2-21,25H,1,22-24H2/t25-/m1/s1. The smallest absolute Gasteiger partial charge is 0.119 e. The van der Waals surface area contributed by atoms with E-state index in [1.54, 1.807) is 0 Å². The van der Waals surface area contributed by atoms with Crippen LogP contribution in [0.25, 0.3) is 0 Å². The number of hydrogen-bond acceptors (Lipinski definition) is 1. The SMILES string of the molecule is [CH2][C@H]1OC(c2ccccc2)(c2ccccc2)CC1(Cc1ccccc1)Cc1ccccc1. The van der Waals surface area contributed by atoms with E-state index < -0.39 is 5.60 Å². The van der Waals surface area contributed by atoms with Gasteiger partial charge in [0.15, 0.2) is 0 Å². The summed E-state index contributed by atoms with van der Waals surface area (Å²) in [5.41, 5.74) is 4.41. The molecule has 0 spiro atoms. The first-order valence-electron chi connectivity index (χ1n) is 11.4. The van der Waals surface area contributed by atoms with Crippen molar-refractivity contribution in [2.75, 3.05) is 0 Å². The molecule has 0 unspecified atom stereocenters. The molecular weight excluding hydrogens is 388 g/mol. The van der Waals surface area contributed by atoms with Gasteiger partial charge in [0.2, 0.25) is 0 Å². The third kappa shape index (κ3) is 3.89. The molecule has 0 aliphatic carbocycles. The summed E-state index contributed by atoms with van der Waals surface area (Å²) in [6.07, 6.45) is 2.59. The highest BCUT2D eigenvalue weighted by molar-refractivity contribution is 5.40. The number of benzene rings is 4. The van der Waals surface area contributed by atoms with Crippen molar-refractivity contribution in [1.82, 2.24) is 0 Å². The first-order valence-corrected chi connectivity index (χ1v) is 11.4. The van der Waals surface area contributed by atoms with E-state index in [1.165, 1.54) is 22.3 Å². The van der Waals surface area contributed by atoms with Crippen LogP contribution in [0.3, 0.4) is 0 Å². The molecule has 0 aromatic heterocycles. The summed E-state index contributed by atoms with van der Waals surface area (Å²) in [5.74, 6) is 0. The summed E-state index contributed by atoms with van der Waals surface area (Å²) < 4.78 is 6.97. The van der Waals surface area contributed by atoms with E-state index in [0.717, 1.165) is 19.3 Å². The predicted molar refractivity (Wildman–Crippen MR) is 131 cm³/mol. The van der Waals surface area contributed by atoms with Gasteiger partial charge in [0, 0.05) is 5.41 Å². The Hall–Kier alpha value is -3.16. The summed E-state index contributed by atoms with van der Waals surface area (Å²) >= 11 is 0. The van der Waals surface area contributed by atoms with Gasteiger partial charge in [-0.1, -0.05) is 121 Å². The molecule has 32 heavy (non-hydrogen) atoms.